The van der Waals surface area contributed by atoms with Gasteiger partial charge in [0.1, 0.15) is 12.4 Å². The number of amides is 1. The van der Waals surface area contributed by atoms with Crippen LogP contribution in [-0.4, -0.2) is 95.4 Å². The number of nitrogens with one attached hydrogen (secondary N) is 1. The molecule has 54 heavy (non-hydrogen) atoms. The summed E-state index contributed by atoms with van der Waals surface area (Å²) in [4.78, 5) is 66.0. The zero-order valence-electron chi connectivity index (χ0n) is 29.0. The van der Waals surface area contributed by atoms with Crippen LogP contribution in [0.2, 0.25) is 0 Å². The summed E-state index contributed by atoms with van der Waals surface area (Å²) < 4.78 is 53.8. The Morgan fingerprint density at radius 3 is 1.89 bits per heavy atom. The van der Waals surface area contributed by atoms with Crippen molar-refractivity contribution in [1.29, 1.82) is 0 Å². The Bertz CT molecular complexity index is 2150. The number of hydrogen-bond donors (Lipinski definition) is 1. The number of esters is 3. The monoisotopic (exact) mass is 759 g/mol. The number of rotatable bonds is 14. The van der Waals surface area contributed by atoms with Gasteiger partial charge in [0, 0.05) is 19.8 Å². The summed E-state index contributed by atoms with van der Waals surface area (Å²) in [5, 5.41) is 2.73. The van der Waals surface area contributed by atoms with Crippen molar-refractivity contribution < 1.29 is 56.5 Å². The maximum Gasteiger partial charge on any atom is 0.370 e. The van der Waals surface area contributed by atoms with Crippen molar-refractivity contribution in [3.05, 3.63) is 120 Å². The first kappa shape index (κ1) is 37.9. The zero-order chi connectivity index (χ0) is 38.2. The second-order valence-electron chi connectivity index (χ2n) is 11.5. The number of hydrogen-bond acceptors (Lipinski definition) is 15. The van der Waals surface area contributed by atoms with E-state index in [1.165, 1.54) is 41.5 Å². The van der Waals surface area contributed by atoms with E-state index in [0.717, 1.165) is 21.3 Å². The molecule has 5 aromatic rings. The minimum Gasteiger partial charge on any atom is -0.467 e. The summed E-state index contributed by atoms with van der Waals surface area (Å²) in [6.07, 6.45) is -2.93. The highest BCUT2D eigenvalue weighted by atomic mass is 31.2. The third kappa shape index (κ3) is 8.05. The number of methoxy groups -OCH3 is 1. The highest BCUT2D eigenvalue weighted by Gasteiger charge is 2.53. The number of ether oxygens (including phenoxy) is 5. The molecular formula is C36H34N5O12P. The average Bonchev–Trinajstić information content (AvgIpc) is 3.79. The van der Waals surface area contributed by atoms with E-state index in [-0.39, 0.29) is 28.1 Å². The molecular weight excluding hydrogens is 725 g/mol. The van der Waals surface area contributed by atoms with E-state index >= 15 is 0 Å². The van der Waals surface area contributed by atoms with Gasteiger partial charge in [-0.3, -0.25) is 13.9 Å². The number of anilines is 1. The lowest BCUT2D eigenvalue weighted by Gasteiger charge is -2.26. The van der Waals surface area contributed by atoms with E-state index in [9.17, 15) is 23.7 Å². The van der Waals surface area contributed by atoms with Gasteiger partial charge in [0.2, 0.25) is 0 Å². The van der Waals surface area contributed by atoms with Gasteiger partial charge in [-0.1, -0.05) is 54.6 Å². The lowest BCUT2D eigenvalue weighted by atomic mass is 10.1. The molecule has 280 valence electrons. The Kier molecular flexibility index (Phi) is 11.8. The first-order chi connectivity index (χ1) is 26.2. The lowest BCUT2D eigenvalue weighted by molar-refractivity contribution is -0.153. The third-order valence-corrected chi connectivity index (χ3v) is 10.3. The molecule has 6 rings (SSSR count). The SMILES string of the molecule is COC(=O)C(OC[C@H]1O[C@@H](n2cnc3c(NC(=O)c4ccccc4)ncnc32)[C@H](OC(=O)c2ccccc2)[C@@H]1OC(=O)c1ccccc1)P(=O)(OC)OC. The Morgan fingerprint density at radius 1 is 0.778 bits per heavy atom. The molecule has 3 aromatic carbocycles. The molecule has 17 nitrogen and oxygen atoms in total. The quantitative estimate of drug-likeness (QED) is 0.0945. The predicted molar refractivity (Wildman–Crippen MR) is 188 cm³/mol. The van der Waals surface area contributed by atoms with Crippen molar-refractivity contribution in [1.82, 2.24) is 19.5 Å². The van der Waals surface area contributed by atoms with Crippen molar-refractivity contribution >= 4 is 48.4 Å². The second kappa shape index (κ2) is 16.9. The molecule has 1 amide bonds. The van der Waals surface area contributed by atoms with Crippen LogP contribution in [0.5, 0.6) is 0 Å². The molecule has 0 bridgehead atoms. The summed E-state index contributed by atoms with van der Waals surface area (Å²) in [7, 11) is -1.05. The van der Waals surface area contributed by atoms with Crippen LogP contribution in [0.25, 0.3) is 11.2 Å². The molecule has 0 radical (unpaired) electrons. The molecule has 18 heteroatoms. The highest BCUT2D eigenvalue weighted by Crippen LogP contribution is 2.52. The zero-order valence-corrected chi connectivity index (χ0v) is 29.9. The summed E-state index contributed by atoms with van der Waals surface area (Å²) in [5.74, 6) is -4.93. The Labute approximate surface area is 308 Å². The van der Waals surface area contributed by atoms with Crippen LogP contribution in [0.4, 0.5) is 5.82 Å². The first-order valence-corrected chi connectivity index (χ1v) is 17.9. The van der Waals surface area contributed by atoms with E-state index in [1.807, 2.05) is 0 Å². The van der Waals surface area contributed by atoms with E-state index in [0.29, 0.717) is 5.56 Å². The average molecular weight is 760 g/mol. The number of benzene rings is 3. The molecule has 1 N–H and O–H groups in total. The van der Waals surface area contributed by atoms with Crippen LogP contribution in [-0.2, 0) is 42.1 Å². The molecule has 2 aromatic heterocycles. The van der Waals surface area contributed by atoms with Gasteiger partial charge >= 0.3 is 25.5 Å². The molecule has 1 aliphatic heterocycles. The van der Waals surface area contributed by atoms with Gasteiger partial charge in [-0.25, -0.2) is 29.3 Å². The third-order valence-electron chi connectivity index (χ3n) is 8.31. The van der Waals surface area contributed by atoms with Crippen molar-refractivity contribution in [3.63, 3.8) is 0 Å². The Hall–Kier alpha value is -5.84. The van der Waals surface area contributed by atoms with Gasteiger partial charge in [0.05, 0.1) is 31.2 Å². The molecule has 1 unspecified atom stereocenters. The number of imidazole rings is 1. The van der Waals surface area contributed by atoms with Gasteiger partial charge in [-0.15, -0.1) is 0 Å². The van der Waals surface area contributed by atoms with Crippen molar-refractivity contribution in [2.45, 2.75) is 30.4 Å². The summed E-state index contributed by atoms with van der Waals surface area (Å²) >= 11 is 0. The van der Waals surface area contributed by atoms with Gasteiger partial charge in [0.15, 0.2) is 35.4 Å². The normalized spacial score (nSPS) is 18.8. The Balaban J connectivity index is 1.40. The minimum absolute atomic E-state index is 0.0752. The topological polar surface area (TPSA) is 206 Å². The van der Waals surface area contributed by atoms with Crippen LogP contribution in [0.1, 0.15) is 37.3 Å². The van der Waals surface area contributed by atoms with Crippen molar-refractivity contribution in [2.75, 3.05) is 33.3 Å². The van der Waals surface area contributed by atoms with Gasteiger partial charge in [-0.2, -0.15) is 0 Å². The summed E-state index contributed by atoms with van der Waals surface area (Å²) in [5.41, 5.74) is 1.02. The van der Waals surface area contributed by atoms with Crippen LogP contribution in [0.15, 0.2) is 104 Å². The van der Waals surface area contributed by atoms with Crippen LogP contribution in [0.3, 0.4) is 0 Å². The predicted octanol–water partition coefficient (Wildman–Crippen LogP) is 4.43. The maximum atomic E-state index is 13.6. The van der Waals surface area contributed by atoms with Gasteiger partial charge in [-0.05, 0) is 36.4 Å². The standard InChI is InChI=1S/C36H34N5O12P/c1-47-35(45)36(54(46,48-2)49-3)50-19-25-27(52-33(43)23-15-9-5-10-16-23)28(53-34(44)24-17-11-6-12-18-24)32(51-25)41-21-39-26-29(37-20-38-30(26)41)40-31(42)22-13-7-4-8-14-22/h4-18,20-21,25,27-28,32,36H,19H2,1-3H3,(H,37,38,40,42)/t25-,27-,28-,32-,36?/m1/s1. The van der Waals surface area contributed by atoms with Crippen molar-refractivity contribution in [2.24, 2.45) is 0 Å². The molecule has 0 saturated carbocycles. The number of nitrogens with zero attached hydrogens (tertiary/aromatic N) is 4. The molecule has 0 aliphatic carbocycles. The molecule has 1 saturated heterocycles. The first-order valence-electron chi connectivity index (χ1n) is 16.3. The van der Waals surface area contributed by atoms with E-state index in [1.54, 1.807) is 66.7 Å². The van der Waals surface area contributed by atoms with Crippen LogP contribution >= 0.6 is 7.60 Å². The highest BCUT2D eigenvalue weighted by molar-refractivity contribution is 7.55. The fourth-order valence-electron chi connectivity index (χ4n) is 5.61. The maximum absolute atomic E-state index is 13.6. The molecule has 1 fully saturated rings. The number of aromatic nitrogens is 4. The number of fused-ring (bicyclic) bond motifs is 1. The van der Waals surface area contributed by atoms with E-state index in [2.05, 4.69) is 20.3 Å². The molecule has 0 spiro atoms. The van der Waals surface area contributed by atoms with Crippen molar-refractivity contribution in [3.8, 4) is 0 Å². The molecule has 1 aliphatic rings. The fourth-order valence-corrected chi connectivity index (χ4v) is 6.77. The number of carbonyl (C=O) groups excluding carboxylic acids is 4. The lowest BCUT2D eigenvalue weighted by Crippen LogP contribution is -2.42. The smallest absolute Gasteiger partial charge is 0.370 e. The second-order valence-corrected chi connectivity index (χ2v) is 13.8. The largest absolute Gasteiger partial charge is 0.467 e. The summed E-state index contributed by atoms with van der Waals surface area (Å²) in [6, 6.07) is 24.6. The van der Waals surface area contributed by atoms with Crippen LogP contribution < -0.4 is 5.32 Å². The molecule has 5 atom stereocenters. The number of carbonyl (C=O) groups is 4. The van der Waals surface area contributed by atoms with E-state index in [4.69, 9.17) is 32.7 Å². The van der Waals surface area contributed by atoms with Gasteiger partial charge < -0.3 is 38.0 Å². The molecule has 3 heterocycles. The minimum atomic E-state index is -4.24. The fraction of sp³-hybridized carbons (Fsp3) is 0.250. The van der Waals surface area contributed by atoms with E-state index < -0.39 is 68.4 Å². The Morgan fingerprint density at radius 2 is 1.33 bits per heavy atom. The summed E-state index contributed by atoms with van der Waals surface area (Å²) in [6.45, 7) is -0.584. The van der Waals surface area contributed by atoms with Gasteiger partial charge in [0.25, 0.3) is 11.8 Å². The van der Waals surface area contributed by atoms with Crippen LogP contribution in [0, 0.1) is 0 Å².